The number of benzene rings is 1. The fourth-order valence-corrected chi connectivity index (χ4v) is 2.97. The van der Waals surface area contributed by atoms with Crippen molar-refractivity contribution in [1.29, 1.82) is 0 Å². The van der Waals surface area contributed by atoms with Crippen LogP contribution in [0.3, 0.4) is 0 Å². The van der Waals surface area contributed by atoms with Gasteiger partial charge in [0, 0.05) is 0 Å². The van der Waals surface area contributed by atoms with Crippen LogP contribution in [0, 0.1) is 25.7 Å². The van der Waals surface area contributed by atoms with E-state index in [1.165, 1.54) is 17.5 Å². The molecule has 1 heteroatoms. The largest absolute Gasteiger partial charge is 0.385 e. The van der Waals surface area contributed by atoms with Gasteiger partial charge < -0.3 is 5.11 Å². The van der Waals surface area contributed by atoms with E-state index in [0.29, 0.717) is 11.8 Å². The highest BCUT2D eigenvalue weighted by Gasteiger charge is 2.26. The summed E-state index contributed by atoms with van der Waals surface area (Å²) in [6.07, 6.45) is 2.00. The van der Waals surface area contributed by atoms with Crippen LogP contribution in [0.15, 0.2) is 18.2 Å². The van der Waals surface area contributed by atoms with Crippen LogP contribution in [0.1, 0.15) is 57.2 Å². The third-order valence-corrected chi connectivity index (χ3v) is 3.46. The molecule has 2 unspecified atom stereocenters. The van der Waals surface area contributed by atoms with E-state index in [0.717, 1.165) is 12.0 Å². The van der Waals surface area contributed by atoms with Crippen LogP contribution in [-0.2, 0) is 5.60 Å². The Hall–Kier alpha value is -0.820. The van der Waals surface area contributed by atoms with Gasteiger partial charge in [-0.25, -0.2) is 0 Å². The average molecular weight is 248 g/mol. The van der Waals surface area contributed by atoms with Gasteiger partial charge in [0.15, 0.2) is 0 Å². The molecule has 1 rings (SSSR count). The van der Waals surface area contributed by atoms with Crippen molar-refractivity contribution in [2.45, 2.75) is 60.0 Å². The zero-order chi connectivity index (χ0) is 13.9. The van der Waals surface area contributed by atoms with Crippen molar-refractivity contribution in [3.8, 4) is 0 Å². The summed E-state index contributed by atoms with van der Waals surface area (Å²) < 4.78 is 0. The summed E-state index contributed by atoms with van der Waals surface area (Å²) in [6.45, 7) is 12.8. The van der Waals surface area contributed by atoms with E-state index in [-0.39, 0.29) is 0 Å². The number of aryl methyl sites for hydroxylation is 2. The summed E-state index contributed by atoms with van der Waals surface area (Å²) in [4.78, 5) is 0. The smallest absolute Gasteiger partial charge is 0.0871 e. The van der Waals surface area contributed by atoms with E-state index in [2.05, 4.69) is 52.8 Å². The highest BCUT2D eigenvalue weighted by Crippen LogP contribution is 2.31. The molecule has 1 aromatic carbocycles. The Morgan fingerprint density at radius 3 is 2.00 bits per heavy atom. The summed E-state index contributed by atoms with van der Waals surface area (Å²) in [5, 5.41) is 10.7. The Balaban J connectivity index is 2.84. The summed E-state index contributed by atoms with van der Waals surface area (Å²) in [7, 11) is 0. The van der Waals surface area contributed by atoms with Crippen molar-refractivity contribution in [2.75, 3.05) is 0 Å². The number of hydrogen-bond donors (Lipinski definition) is 1. The quantitative estimate of drug-likeness (QED) is 0.808. The van der Waals surface area contributed by atoms with E-state index in [1.54, 1.807) is 0 Å². The Kier molecular flexibility index (Phi) is 4.98. The Bertz CT molecular complexity index is 370. The van der Waals surface area contributed by atoms with Crippen LogP contribution in [0.4, 0.5) is 0 Å². The van der Waals surface area contributed by atoms with Gasteiger partial charge in [-0.1, -0.05) is 50.1 Å². The SMILES string of the molecule is Cc1cc(C)cc(C(C)(O)CC(C)CC(C)C)c1. The molecule has 0 aliphatic carbocycles. The molecule has 0 fully saturated rings. The molecule has 1 aromatic rings. The van der Waals surface area contributed by atoms with Crippen LogP contribution in [-0.4, -0.2) is 5.11 Å². The van der Waals surface area contributed by atoms with Crippen molar-refractivity contribution >= 4 is 0 Å². The molecule has 2 atom stereocenters. The summed E-state index contributed by atoms with van der Waals surface area (Å²) in [6, 6.07) is 6.36. The number of hydrogen-bond acceptors (Lipinski definition) is 1. The van der Waals surface area contributed by atoms with Gasteiger partial charge in [-0.3, -0.25) is 0 Å². The van der Waals surface area contributed by atoms with Gasteiger partial charge in [-0.15, -0.1) is 0 Å². The first-order chi connectivity index (χ1) is 8.20. The topological polar surface area (TPSA) is 20.2 Å². The maximum atomic E-state index is 10.7. The molecule has 0 heterocycles. The van der Waals surface area contributed by atoms with Gasteiger partial charge in [-0.05, 0) is 51.0 Å². The molecule has 0 saturated carbocycles. The van der Waals surface area contributed by atoms with Crippen molar-refractivity contribution in [3.05, 3.63) is 34.9 Å². The third kappa shape index (κ3) is 4.45. The van der Waals surface area contributed by atoms with E-state index >= 15 is 0 Å². The number of aliphatic hydroxyl groups is 1. The fraction of sp³-hybridized carbons (Fsp3) is 0.647. The van der Waals surface area contributed by atoms with E-state index in [1.807, 2.05) is 6.92 Å². The molecule has 0 aliphatic rings. The van der Waals surface area contributed by atoms with Gasteiger partial charge >= 0.3 is 0 Å². The molecule has 0 radical (unpaired) electrons. The molecule has 0 aromatic heterocycles. The first kappa shape index (κ1) is 15.2. The Morgan fingerprint density at radius 1 is 1.06 bits per heavy atom. The lowest BCUT2D eigenvalue weighted by Crippen LogP contribution is -2.25. The maximum absolute atomic E-state index is 10.7. The summed E-state index contributed by atoms with van der Waals surface area (Å²) >= 11 is 0. The molecular formula is C17H28O. The number of rotatable bonds is 5. The van der Waals surface area contributed by atoms with Crippen LogP contribution < -0.4 is 0 Å². The van der Waals surface area contributed by atoms with E-state index in [4.69, 9.17) is 0 Å². The normalized spacial score (nSPS) is 16.7. The molecule has 0 spiro atoms. The lowest BCUT2D eigenvalue weighted by Gasteiger charge is -2.28. The van der Waals surface area contributed by atoms with Crippen LogP contribution >= 0.6 is 0 Å². The summed E-state index contributed by atoms with van der Waals surface area (Å²) in [5.41, 5.74) is 2.78. The van der Waals surface area contributed by atoms with Crippen LogP contribution in [0.2, 0.25) is 0 Å². The second-order valence-electron chi connectivity index (χ2n) is 6.59. The molecule has 0 amide bonds. The van der Waals surface area contributed by atoms with Crippen molar-refractivity contribution < 1.29 is 5.11 Å². The zero-order valence-corrected chi connectivity index (χ0v) is 12.7. The van der Waals surface area contributed by atoms with Gasteiger partial charge in [0.1, 0.15) is 0 Å². The second-order valence-corrected chi connectivity index (χ2v) is 6.59. The van der Waals surface area contributed by atoms with Crippen LogP contribution in [0.25, 0.3) is 0 Å². The molecule has 0 bridgehead atoms. The predicted octanol–water partition coefficient (Wildman–Crippen LogP) is 4.58. The molecular weight excluding hydrogens is 220 g/mol. The Labute approximate surface area is 112 Å². The second kappa shape index (κ2) is 5.88. The van der Waals surface area contributed by atoms with Gasteiger partial charge in [-0.2, -0.15) is 0 Å². The lowest BCUT2D eigenvalue weighted by molar-refractivity contribution is 0.0294. The van der Waals surface area contributed by atoms with Gasteiger partial charge in [0.05, 0.1) is 5.60 Å². The third-order valence-electron chi connectivity index (χ3n) is 3.46. The maximum Gasteiger partial charge on any atom is 0.0871 e. The molecule has 0 aliphatic heterocycles. The monoisotopic (exact) mass is 248 g/mol. The molecule has 18 heavy (non-hydrogen) atoms. The first-order valence-corrected chi connectivity index (χ1v) is 7.02. The minimum Gasteiger partial charge on any atom is -0.385 e. The lowest BCUT2D eigenvalue weighted by atomic mass is 9.82. The van der Waals surface area contributed by atoms with Gasteiger partial charge in [0.2, 0.25) is 0 Å². The van der Waals surface area contributed by atoms with E-state index < -0.39 is 5.60 Å². The van der Waals surface area contributed by atoms with Gasteiger partial charge in [0.25, 0.3) is 0 Å². The molecule has 1 nitrogen and oxygen atoms in total. The minimum absolute atomic E-state index is 0.542. The van der Waals surface area contributed by atoms with Crippen LogP contribution in [0.5, 0.6) is 0 Å². The van der Waals surface area contributed by atoms with Crippen molar-refractivity contribution in [3.63, 3.8) is 0 Å². The van der Waals surface area contributed by atoms with E-state index in [9.17, 15) is 5.11 Å². The molecule has 0 saturated heterocycles. The highest BCUT2D eigenvalue weighted by atomic mass is 16.3. The summed E-state index contributed by atoms with van der Waals surface area (Å²) in [5.74, 6) is 1.23. The van der Waals surface area contributed by atoms with Crippen molar-refractivity contribution in [2.24, 2.45) is 11.8 Å². The van der Waals surface area contributed by atoms with Crippen molar-refractivity contribution in [1.82, 2.24) is 0 Å². The minimum atomic E-state index is -0.717. The Morgan fingerprint density at radius 2 is 1.56 bits per heavy atom. The standard InChI is InChI=1S/C17H28O/c1-12(2)7-15(5)11-17(6,18)16-9-13(3)8-14(4)10-16/h8-10,12,15,18H,7,11H2,1-6H3. The predicted molar refractivity (Wildman–Crippen MR) is 78.7 cm³/mol. The first-order valence-electron chi connectivity index (χ1n) is 7.02. The average Bonchev–Trinajstić information content (AvgIpc) is 2.13. The fourth-order valence-electron chi connectivity index (χ4n) is 2.97. The molecule has 102 valence electrons. The molecule has 1 N–H and O–H groups in total. The highest BCUT2D eigenvalue weighted by molar-refractivity contribution is 5.32. The zero-order valence-electron chi connectivity index (χ0n) is 12.7.